The van der Waals surface area contributed by atoms with E-state index in [9.17, 15) is 4.79 Å². The first kappa shape index (κ1) is 10.9. The van der Waals surface area contributed by atoms with Gasteiger partial charge in [0.25, 0.3) is 0 Å². The van der Waals surface area contributed by atoms with E-state index in [1.54, 1.807) is 13.0 Å². The van der Waals surface area contributed by atoms with Gasteiger partial charge in [-0.05, 0) is 25.0 Å². The van der Waals surface area contributed by atoms with Crippen LogP contribution in [0.15, 0.2) is 6.07 Å². The summed E-state index contributed by atoms with van der Waals surface area (Å²) in [6.07, 6.45) is 0.733. The van der Waals surface area contributed by atoms with Gasteiger partial charge in [0.1, 0.15) is 0 Å². The molecule has 5 nitrogen and oxygen atoms in total. The summed E-state index contributed by atoms with van der Waals surface area (Å²) in [4.78, 5) is 15.2. The predicted molar refractivity (Wildman–Crippen MR) is 59.1 cm³/mol. The minimum Gasteiger partial charge on any atom is -0.476 e. The molecule has 0 aliphatic carbocycles. The number of fused-ring (bicyclic) bond motifs is 1. The van der Waals surface area contributed by atoms with Crippen LogP contribution in [0.1, 0.15) is 28.7 Å². The fourth-order valence-corrected chi connectivity index (χ4v) is 1.86. The van der Waals surface area contributed by atoms with Crippen LogP contribution in [0, 0.1) is 6.92 Å². The highest BCUT2D eigenvalue weighted by Crippen LogP contribution is 2.18. The van der Waals surface area contributed by atoms with E-state index in [-0.39, 0.29) is 5.69 Å². The van der Waals surface area contributed by atoms with Crippen LogP contribution in [-0.2, 0) is 6.42 Å². The highest BCUT2D eigenvalue weighted by molar-refractivity contribution is 6.30. The molecule has 0 amide bonds. The van der Waals surface area contributed by atoms with Gasteiger partial charge in [-0.25, -0.2) is 14.3 Å². The van der Waals surface area contributed by atoms with E-state index in [1.807, 2.05) is 6.92 Å². The molecular formula is C10H10ClN3O2. The molecule has 0 fully saturated rings. The Kier molecular flexibility index (Phi) is 2.55. The number of carboxylic acids is 1. The SMILES string of the molecule is CCc1cc2nc(C)c(C(=O)O)n2nc1Cl. The third-order valence-corrected chi connectivity index (χ3v) is 2.71. The van der Waals surface area contributed by atoms with Crippen molar-refractivity contribution in [2.75, 3.05) is 0 Å². The van der Waals surface area contributed by atoms with Crippen LogP contribution in [0.3, 0.4) is 0 Å². The van der Waals surface area contributed by atoms with E-state index in [0.717, 1.165) is 12.0 Å². The highest BCUT2D eigenvalue weighted by atomic mass is 35.5. The number of hydrogen-bond donors (Lipinski definition) is 1. The average Bonchev–Trinajstić information content (AvgIpc) is 2.51. The van der Waals surface area contributed by atoms with E-state index >= 15 is 0 Å². The van der Waals surface area contributed by atoms with Crippen LogP contribution < -0.4 is 0 Å². The Morgan fingerprint density at radius 2 is 2.31 bits per heavy atom. The fourth-order valence-electron chi connectivity index (χ4n) is 1.60. The van der Waals surface area contributed by atoms with Gasteiger partial charge in [0.2, 0.25) is 0 Å². The zero-order chi connectivity index (χ0) is 11.9. The van der Waals surface area contributed by atoms with E-state index in [4.69, 9.17) is 16.7 Å². The second-order valence-electron chi connectivity index (χ2n) is 3.43. The molecule has 0 bridgehead atoms. The maximum Gasteiger partial charge on any atom is 0.356 e. The normalized spacial score (nSPS) is 10.9. The first-order valence-corrected chi connectivity index (χ1v) is 5.20. The summed E-state index contributed by atoms with van der Waals surface area (Å²) in [7, 11) is 0. The molecular weight excluding hydrogens is 230 g/mol. The number of imidazole rings is 1. The van der Waals surface area contributed by atoms with Crippen LogP contribution in [0.4, 0.5) is 0 Å². The number of aryl methyl sites for hydroxylation is 2. The topological polar surface area (TPSA) is 67.5 Å². The molecule has 0 aliphatic rings. The summed E-state index contributed by atoms with van der Waals surface area (Å²) in [5.41, 5.74) is 1.86. The lowest BCUT2D eigenvalue weighted by atomic mass is 10.2. The minimum atomic E-state index is -1.06. The zero-order valence-electron chi connectivity index (χ0n) is 8.86. The van der Waals surface area contributed by atoms with Gasteiger partial charge in [-0.3, -0.25) is 0 Å². The summed E-state index contributed by atoms with van der Waals surface area (Å²) in [5.74, 6) is -1.06. The summed E-state index contributed by atoms with van der Waals surface area (Å²) >= 11 is 5.94. The lowest BCUT2D eigenvalue weighted by molar-refractivity contribution is 0.0687. The summed E-state index contributed by atoms with van der Waals surface area (Å²) in [5, 5.41) is 13.4. The fraction of sp³-hybridized carbons (Fsp3) is 0.300. The quantitative estimate of drug-likeness (QED) is 0.870. The Bertz CT molecular complexity index is 577. The molecule has 0 unspecified atom stereocenters. The van der Waals surface area contributed by atoms with E-state index in [2.05, 4.69) is 10.1 Å². The first-order valence-electron chi connectivity index (χ1n) is 4.82. The average molecular weight is 240 g/mol. The lowest BCUT2D eigenvalue weighted by Gasteiger charge is -2.01. The molecule has 2 rings (SSSR count). The van der Waals surface area contributed by atoms with Crippen molar-refractivity contribution in [1.29, 1.82) is 0 Å². The molecule has 2 aromatic rings. The second-order valence-corrected chi connectivity index (χ2v) is 3.79. The molecule has 0 spiro atoms. The molecule has 0 atom stereocenters. The molecule has 2 aromatic heterocycles. The number of rotatable bonds is 2. The van der Waals surface area contributed by atoms with Crippen LogP contribution in [0.5, 0.6) is 0 Å². The molecule has 6 heteroatoms. The maximum atomic E-state index is 11.0. The Morgan fingerprint density at radius 3 is 2.88 bits per heavy atom. The second kappa shape index (κ2) is 3.75. The van der Waals surface area contributed by atoms with Gasteiger partial charge in [0, 0.05) is 0 Å². The molecule has 84 valence electrons. The zero-order valence-corrected chi connectivity index (χ0v) is 9.62. The Balaban J connectivity index is 2.81. The number of nitrogens with zero attached hydrogens (tertiary/aromatic N) is 3. The molecule has 2 heterocycles. The standard InChI is InChI=1S/C10H10ClN3O2/c1-3-6-4-7-12-5(2)8(10(15)16)14(7)13-9(6)11/h4H,3H2,1-2H3,(H,15,16). The number of aromatic nitrogens is 3. The highest BCUT2D eigenvalue weighted by Gasteiger charge is 2.17. The van der Waals surface area contributed by atoms with Gasteiger partial charge in [0.05, 0.1) is 5.69 Å². The van der Waals surface area contributed by atoms with Crippen LogP contribution in [0.2, 0.25) is 5.15 Å². The van der Waals surface area contributed by atoms with Gasteiger partial charge in [0.15, 0.2) is 16.5 Å². The maximum absolute atomic E-state index is 11.0. The Hall–Kier alpha value is -1.62. The summed E-state index contributed by atoms with van der Waals surface area (Å²) in [6.45, 7) is 3.59. The smallest absolute Gasteiger partial charge is 0.356 e. The van der Waals surface area contributed by atoms with Crippen molar-refractivity contribution in [3.05, 3.63) is 28.2 Å². The van der Waals surface area contributed by atoms with Crippen molar-refractivity contribution in [2.24, 2.45) is 0 Å². The van der Waals surface area contributed by atoms with Gasteiger partial charge < -0.3 is 5.11 Å². The van der Waals surface area contributed by atoms with Crippen molar-refractivity contribution in [1.82, 2.24) is 14.6 Å². The third kappa shape index (κ3) is 1.53. The number of carboxylic acid groups (broad SMARTS) is 1. The van der Waals surface area contributed by atoms with Gasteiger partial charge in [-0.15, -0.1) is 0 Å². The minimum absolute atomic E-state index is 0.0551. The van der Waals surface area contributed by atoms with Crippen molar-refractivity contribution < 1.29 is 9.90 Å². The summed E-state index contributed by atoms with van der Waals surface area (Å²) in [6, 6.07) is 1.76. The van der Waals surface area contributed by atoms with Crippen molar-refractivity contribution in [2.45, 2.75) is 20.3 Å². The molecule has 0 radical (unpaired) electrons. The van der Waals surface area contributed by atoms with Gasteiger partial charge in [-0.1, -0.05) is 18.5 Å². The number of carbonyl (C=O) groups is 1. The van der Waals surface area contributed by atoms with Crippen LogP contribution in [-0.4, -0.2) is 25.7 Å². The monoisotopic (exact) mass is 239 g/mol. The van der Waals surface area contributed by atoms with Crippen molar-refractivity contribution in [3.8, 4) is 0 Å². The number of hydrogen-bond acceptors (Lipinski definition) is 3. The Labute approximate surface area is 96.7 Å². The van der Waals surface area contributed by atoms with Crippen LogP contribution in [0.25, 0.3) is 5.65 Å². The van der Waals surface area contributed by atoms with E-state index in [1.165, 1.54) is 4.52 Å². The number of halogens is 1. The largest absolute Gasteiger partial charge is 0.476 e. The molecule has 0 aliphatic heterocycles. The molecule has 0 saturated carbocycles. The van der Waals surface area contributed by atoms with E-state index in [0.29, 0.717) is 16.5 Å². The Morgan fingerprint density at radius 1 is 1.62 bits per heavy atom. The predicted octanol–water partition coefficient (Wildman–Crippen LogP) is 1.95. The number of aromatic carboxylic acids is 1. The third-order valence-electron chi connectivity index (χ3n) is 2.39. The molecule has 0 saturated heterocycles. The molecule has 0 aromatic carbocycles. The van der Waals surface area contributed by atoms with E-state index < -0.39 is 5.97 Å². The van der Waals surface area contributed by atoms with Gasteiger partial charge >= 0.3 is 5.97 Å². The lowest BCUT2D eigenvalue weighted by Crippen LogP contribution is -2.07. The summed E-state index contributed by atoms with van der Waals surface area (Å²) < 4.78 is 1.26. The van der Waals surface area contributed by atoms with Crippen molar-refractivity contribution in [3.63, 3.8) is 0 Å². The van der Waals surface area contributed by atoms with Crippen LogP contribution >= 0.6 is 11.6 Å². The van der Waals surface area contributed by atoms with Gasteiger partial charge in [-0.2, -0.15) is 5.10 Å². The van der Waals surface area contributed by atoms with Crippen molar-refractivity contribution >= 4 is 23.2 Å². The first-order chi connectivity index (χ1) is 7.54. The molecule has 16 heavy (non-hydrogen) atoms. The molecule has 1 N–H and O–H groups in total.